The quantitative estimate of drug-likeness (QED) is 0.824. The van der Waals surface area contributed by atoms with Crippen molar-refractivity contribution in [3.63, 3.8) is 0 Å². The van der Waals surface area contributed by atoms with Crippen LogP contribution < -0.4 is 14.4 Å². The fourth-order valence-electron chi connectivity index (χ4n) is 2.73. The van der Waals surface area contributed by atoms with Crippen LogP contribution in [0.2, 0.25) is 0 Å². The van der Waals surface area contributed by atoms with Gasteiger partial charge in [-0.05, 0) is 24.3 Å². The van der Waals surface area contributed by atoms with E-state index in [2.05, 4.69) is 5.16 Å². The molecule has 0 aliphatic carbocycles. The summed E-state index contributed by atoms with van der Waals surface area (Å²) < 4.78 is 23.8. The Morgan fingerprint density at radius 1 is 1.19 bits per heavy atom. The molecule has 1 aliphatic heterocycles. The van der Waals surface area contributed by atoms with Gasteiger partial charge < -0.3 is 19.2 Å². The number of carbonyl (C=O) groups is 1. The van der Waals surface area contributed by atoms with Crippen LogP contribution in [0, 0.1) is 5.82 Å². The number of hydrogen-bond donors (Lipinski definition) is 0. The molecule has 6 nitrogen and oxygen atoms in total. The summed E-state index contributed by atoms with van der Waals surface area (Å²) in [6.45, 7) is 0. The van der Waals surface area contributed by atoms with Crippen molar-refractivity contribution in [2.75, 3.05) is 26.2 Å². The summed E-state index contributed by atoms with van der Waals surface area (Å²) in [5.74, 6) is 0.481. The van der Waals surface area contributed by atoms with Gasteiger partial charge in [-0.1, -0.05) is 17.3 Å². The Bertz CT molecular complexity index is 853. The molecular formula is C19H19FN2O4. The zero-order valence-corrected chi connectivity index (χ0v) is 14.7. The van der Waals surface area contributed by atoms with Gasteiger partial charge in [0.25, 0.3) is 5.91 Å². The standard InChI is InChI=1S/C19H19FN2O4/c1-22(14-7-8-16(24-2)17(10-14)25-3)19(23)18-11-15(21-26-18)12-5-4-6-13(20)9-12/h4-10,18H,11H2,1-3H3/t18-/m1/s1. The minimum atomic E-state index is -0.758. The van der Waals surface area contributed by atoms with E-state index in [1.54, 1.807) is 44.5 Å². The Morgan fingerprint density at radius 3 is 2.65 bits per heavy atom. The number of methoxy groups -OCH3 is 2. The minimum Gasteiger partial charge on any atom is -0.493 e. The Hall–Kier alpha value is -3.09. The summed E-state index contributed by atoms with van der Waals surface area (Å²) in [5, 5.41) is 3.94. The molecule has 1 heterocycles. The maximum atomic E-state index is 13.4. The fraction of sp³-hybridized carbons (Fsp3) is 0.263. The number of oxime groups is 1. The van der Waals surface area contributed by atoms with E-state index in [-0.39, 0.29) is 18.1 Å². The number of likely N-dealkylation sites (N-methyl/N-ethyl adjacent to an activating group) is 1. The zero-order chi connectivity index (χ0) is 18.7. The lowest BCUT2D eigenvalue weighted by atomic mass is 10.0. The average Bonchev–Trinajstić information content (AvgIpc) is 3.16. The van der Waals surface area contributed by atoms with Crippen molar-refractivity contribution < 1.29 is 23.5 Å². The largest absolute Gasteiger partial charge is 0.493 e. The molecule has 0 N–H and O–H groups in total. The SMILES string of the molecule is COc1ccc(N(C)C(=O)[C@H]2CC(c3cccc(F)c3)=NO2)cc1OC. The van der Waals surface area contributed by atoms with Gasteiger partial charge in [-0.15, -0.1) is 0 Å². The lowest BCUT2D eigenvalue weighted by Crippen LogP contribution is -2.36. The number of halogens is 1. The molecule has 0 saturated carbocycles. The first-order valence-electron chi connectivity index (χ1n) is 8.01. The Morgan fingerprint density at radius 2 is 1.96 bits per heavy atom. The van der Waals surface area contributed by atoms with E-state index in [9.17, 15) is 9.18 Å². The van der Waals surface area contributed by atoms with E-state index >= 15 is 0 Å². The Kier molecular flexibility index (Phi) is 5.06. The molecule has 2 aromatic rings. The van der Waals surface area contributed by atoms with Crippen LogP contribution in [0.15, 0.2) is 47.6 Å². The second-order valence-corrected chi connectivity index (χ2v) is 5.78. The highest BCUT2D eigenvalue weighted by molar-refractivity contribution is 6.06. The van der Waals surface area contributed by atoms with Crippen LogP contribution in [0.25, 0.3) is 0 Å². The predicted molar refractivity (Wildman–Crippen MR) is 95.4 cm³/mol. The predicted octanol–water partition coefficient (Wildman–Crippen LogP) is 3.00. The molecule has 26 heavy (non-hydrogen) atoms. The van der Waals surface area contributed by atoms with Crippen molar-refractivity contribution in [1.29, 1.82) is 0 Å². The molecule has 136 valence electrons. The van der Waals surface area contributed by atoms with E-state index in [1.807, 2.05) is 0 Å². The topological polar surface area (TPSA) is 60.4 Å². The van der Waals surface area contributed by atoms with E-state index in [1.165, 1.54) is 24.1 Å². The van der Waals surface area contributed by atoms with Gasteiger partial charge >= 0.3 is 0 Å². The number of anilines is 1. The summed E-state index contributed by atoms with van der Waals surface area (Å²) in [5.41, 5.74) is 1.79. The Labute approximate surface area is 150 Å². The molecule has 0 aromatic heterocycles. The average molecular weight is 358 g/mol. The molecule has 0 radical (unpaired) electrons. The molecule has 3 rings (SSSR count). The van der Waals surface area contributed by atoms with Crippen LogP contribution in [0.4, 0.5) is 10.1 Å². The summed E-state index contributed by atoms with van der Waals surface area (Å²) in [7, 11) is 4.72. The van der Waals surface area contributed by atoms with E-state index in [0.717, 1.165) is 0 Å². The molecule has 1 aliphatic rings. The molecule has 0 saturated heterocycles. The smallest absolute Gasteiger partial charge is 0.271 e. The van der Waals surface area contributed by atoms with Crippen molar-refractivity contribution >= 4 is 17.3 Å². The molecule has 1 amide bonds. The van der Waals surface area contributed by atoms with Crippen LogP contribution >= 0.6 is 0 Å². The van der Waals surface area contributed by atoms with Crippen molar-refractivity contribution in [1.82, 2.24) is 0 Å². The number of rotatable bonds is 5. The van der Waals surface area contributed by atoms with Gasteiger partial charge in [0.1, 0.15) is 5.82 Å². The van der Waals surface area contributed by atoms with Gasteiger partial charge in [0.05, 0.1) is 19.9 Å². The van der Waals surface area contributed by atoms with Gasteiger partial charge in [-0.25, -0.2) is 4.39 Å². The van der Waals surface area contributed by atoms with Crippen LogP contribution in [-0.2, 0) is 9.63 Å². The maximum Gasteiger partial charge on any atom is 0.271 e. The second kappa shape index (κ2) is 7.43. The number of ether oxygens (including phenoxy) is 2. The summed E-state index contributed by atoms with van der Waals surface area (Å²) in [4.78, 5) is 19.5. The monoisotopic (exact) mass is 358 g/mol. The van der Waals surface area contributed by atoms with Crippen LogP contribution in [0.3, 0.4) is 0 Å². The van der Waals surface area contributed by atoms with Crippen LogP contribution in [-0.4, -0.2) is 39.0 Å². The molecular weight excluding hydrogens is 339 g/mol. The third kappa shape index (κ3) is 3.46. The molecule has 1 atom stereocenters. The third-order valence-electron chi connectivity index (χ3n) is 4.19. The highest BCUT2D eigenvalue weighted by atomic mass is 19.1. The van der Waals surface area contributed by atoms with Crippen LogP contribution in [0.5, 0.6) is 11.5 Å². The number of nitrogens with zero attached hydrogens (tertiary/aromatic N) is 2. The van der Waals surface area contributed by atoms with E-state index < -0.39 is 6.10 Å². The lowest BCUT2D eigenvalue weighted by molar-refractivity contribution is -0.128. The third-order valence-corrected chi connectivity index (χ3v) is 4.19. The van der Waals surface area contributed by atoms with E-state index in [0.29, 0.717) is 28.5 Å². The number of benzene rings is 2. The number of carbonyl (C=O) groups excluding carboxylic acids is 1. The number of amides is 1. The summed E-state index contributed by atoms with van der Waals surface area (Å²) >= 11 is 0. The molecule has 7 heteroatoms. The minimum absolute atomic E-state index is 0.257. The maximum absolute atomic E-state index is 13.4. The van der Waals surface area contributed by atoms with E-state index in [4.69, 9.17) is 14.3 Å². The first kappa shape index (κ1) is 17.7. The van der Waals surface area contributed by atoms with Crippen LogP contribution in [0.1, 0.15) is 12.0 Å². The van der Waals surface area contributed by atoms with Gasteiger partial charge in [-0.3, -0.25) is 4.79 Å². The molecule has 0 bridgehead atoms. The van der Waals surface area contributed by atoms with Crippen molar-refractivity contribution in [2.24, 2.45) is 5.16 Å². The molecule has 0 fully saturated rings. The molecule has 0 spiro atoms. The van der Waals surface area contributed by atoms with Crippen molar-refractivity contribution in [3.05, 3.63) is 53.8 Å². The molecule has 2 aromatic carbocycles. The van der Waals surface area contributed by atoms with Gasteiger partial charge in [0, 0.05) is 30.8 Å². The van der Waals surface area contributed by atoms with Gasteiger partial charge in [0.2, 0.25) is 6.10 Å². The van der Waals surface area contributed by atoms with Gasteiger partial charge in [0.15, 0.2) is 11.5 Å². The lowest BCUT2D eigenvalue weighted by Gasteiger charge is -2.21. The summed E-state index contributed by atoms with van der Waals surface area (Å²) in [6, 6.07) is 11.2. The summed E-state index contributed by atoms with van der Waals surface area (Å²) in [6.07, 6.45) is -0.480. The zero-order valence-electron chi connectivity index (χ0n) is 14.7. The first-order chi connectivity index (χ1) is 12.5. The van der Waals surface area contributed by atoms with Crippen molar-refractivity contribution in [2.45, 2.75) is 12.5 Å². The highest BCUT2D eigenvalue weighted by Gasteiger charge is 2.32. The second-order valence-electron chi connectivity index (χ2n) is 5.78. The molecule has 0 unspecified atom stereocenters. The van der Waals surface area contributed by atoms with Crippen molar-refractivity contribution in [3.8, 4) is 11.5 Å². The number of hydrogen-bond acceptors (Lipinski definition) is 5. The highest BCUT2D eigenvalue weighted by Crippen LogP contribution is 2.32. The van der Waals surface area contributed by atoms with Gasteiger partial charge in [-0.2, -0.15) is 0 Å². The first-order valence-corrected chi connectivity index (χ1v) is 8.01. The fourth-order valence-corrected chi connectivity index (χ4v) is 2.73. The Balaban J connectivity index is 1.72. The normalized spacial score (nSPS) is 15.8.